The van der Waals surface area contributed by atoms with Crippen LogP contribution in [0.2, 0.25) is 0 Å². The summed E-state index contributed by atoms with van der Waals surface area (Å²) in [4.78, 5) is 13.5. The third kappa shape index (κ3) is 1.27. The van der Waals surface area contributed by atoms with Crippen LogP contribution in [0.4, 0.5) is 0 Å². The van der Waals surface area contributed by atoms with Crippen molar-refractivity contribution in [3.8, 4) is 5.75 Å². The minimum Gasteiger partial charge on any atom is -0.495 e. The van der Waals surface area contributed by atoms with Crippen molar-refractivity contribution in [2.75, 3.05) is 7.11 Å². The third-order valence-electron chi connectivity index (χ3n) is 2.29. The summed E-state index contributed by atoms with van der Waals surface area (Å²) < 4.78 is 5.20. The molecule has 0 atom stereocenters. The maximum absolute atomic E-state index is 10.4. The van der Waals surface area contributed by atoms with Gasteiger partial charge in [0.25, 0.3) is 0 Å². The SMILES string of the molecule is COc1cccc2c(CC=O)c[nH]c12. The minimum absolute atomic E-state index is 0.438. The maximum atomic E-state index is 10.4. The molecule has 3 nitrogen and oxygen atoms in total. The van der Waals surface area contributed by atoms with E-state index in [4.69, 9.17) is 4.74 Å². The maximum Gasteiger partial charge on any atom is 0.142 e. The lowest BCUT2D eigenvalue weighted by molar-refractivity contribution is -0.107. The fourth-order valence-electron chi connectivity index (χ4n) is 1.61. The summed E-state index contributed by atoms with van der Waals surface area (Å²) in [6.45, 7) is 0. The molecule has 1 N–H and O–H groups in total. The van der Waals surface area contributed by atoms with E-state index in [9.17, 15) is 4.79 Å². The summed E-state index contributed by atoms with van der Waals surface area (Å²) >= 11 is 0. The van der Waals surface area contributed by atoms with E-state index in [0.717, 1.165) is 28.5 Å². The van der Waals surface area contributed by atoms with Crippen LogP contribution >= 0.6 is 0 Å². The Balaban J connectivity index is 2.63. The van der Waals surface area contributed by atoms with E-state index >= 15 is 0 Å². The van der Waals surface area contributed by atoms with Gasteiger partial charge in [-0.05, 0) is 11.6 Å². The number of rotatable bonds is 3. The van der Waals surface area contributed by atoms with Crippen LogP contribution in [0.1, 0.15) is 5.56 Å². The number of aldehydes is 1. The highest BCUT2D eigenvalue weighted by molar-refractivity contribution is 5.89. The fraction of sp³-hybridized carbons (Fsp3) is 0.182. The second-order valence-electron chi connectivity index (χ2n) is 3.07. The predicted octanol–water partition coefficient (Wildman–Crippen LogP) is 1.92. The van der Waals surface area contributed by atoms with Gasteiger partial charge in [0.05, 0.1) is 12.6 Å². The standard InChI is InChI=1S/C11H11NO2/c1-14-10-4-2-3-9-8(5-6-13)7-12-11(9)10/h2-4,6-7,12H,5H2,1H3. The van der Waals surface area contributed by atoms with E-state index in [1.54, 1.807) is 7.11 Å². The summed E-state index contributed by atoms with van der Waals surface area (Å²) in [5.74, 6) is 0.805. The van der Waals surface area contributed by atoms with Gasteiger partial charge >= 0.3 is 0 Å². The zero-order valence-corrected chi connectivity index (χ0v) is 7.91. The average molecular weight is 189 g/mol. The molecule has 2 rings (SSSR count). The number of fused-ring (bicyclic) bond motifs is 1. The van der Waals surface area contributed by atoms with E-state index in [1.165, 1.54) is 0 Å². The highest BCUT2D eigenvalue weighted by atomic mass is 16.5. The van der Waals surface area contributed by atoms with E-state index in [1.807, 2.05) is 24.4 Å². The Morgan fingerprint density at radius 3 is 3.07 bits per heavy atom. The highest BCUT2D eigenvalue weighted by Gasteiger charge is 2.06. The summed E-state index contributed by atoms with van der Waals surface area (Å²) in [6.07, 6.45) is 3.19. The van der Waals surface area contributed by atoms with E-state index < -0.39 is 0 Å². The number of carbonyl (C=O) groups excluding carboxylic acids is 1. The van der Waals surface area contributed by atoms with Crippen molar-refractivity contribution >= 4 is 17.2 Å². The number of para-hydroxylation sites is 1. The number of ether oxygens (including phenoxy) is 1. The van der Waals surface area contributed by atoms with E-state index in [0.29, 0.717) is 6.42 Å². The molecule has 0 saturated carbocycles. The first-order valence-corrected chi connectivity index (χ1v) is 4.43. The van der Waals surface area contributed by atoms with Gasteiger partial charge in [0.15, 0.2) is 0 Å². The third-order valence-corrected chi connectivity index (χ3v) is 2.29. The number of H-pyrrole nitrogens is 1. The van der Waals surface area contributed by atoms with Crippen LogP contribution < -0.4 is 4.74 Å². The van der Waals surface area contributed by atoms with Gasteiger partial charge in [0.2, 0.25) is 0 Å². The number of hydrogen-bond acceptors (Lipinski definition) is 2. The molecular formula is C11H11NO2. The second-order valence-corrected chi connectivity index (χ2v) is 3.07. The zero-order chi connectivity index (χ0) is 9.97. The molecule has 0 spiro atoms. The summed E-state index contributed by atoms with van der Waals surface area (Å²) in [6, 6.07) is 5.79. The molecule has 0 aliphatic rings. The Morgan fingerprint density at radius 2 is 2.36 bits per heavy atom. The number of benzene rings is 1. The van der Waals surface area contributed by atoms with Crippen LogP contribution in [0.3, 0.4) is 0 Å². The molecular weight excluding hydrogens is 178 g/mol. The van der Waals surface area contributed by atoms with Gasteiger partial charge in [0, 0.05) is 18.0 Å². The smallest absolute Gasteiger partial charge is 0.142 e. The number of nitrogens with one attached hydrogen (secondary N) is 1. The quantitative estimate of drug-likeness (QED) is 0.749. The Kier molecular flexibility index (Phi) is 2.23. The van der Waals surface area contributed by atoms with Crippen LogP contribution in [-0.4, -0.2) is 18.4 Å². The molecule has 1 heterocycles. The molecule has 14 heavy (non-hydrogen) atoms. The number of hydrogen-bond donors (Lipinski definition) is 1. The Labute approximate surface area is 81.7 Å². The molecule has 0 bridgehead atoms. The Hall–Kier alpha value is -1.77. The first-order chi connectivity index (χ1) is 6.86. The number of aromatic nitrogens is 1. The van der Waals surface area contributed by atoms with Crippen molar-refractivity contribution in [3.05, 3.63) is 30.0 Å². The van der Waals surface area contributed by atoms with Crippen LogP contribution in [0.25, 0.3) is 10.9 Å². The van der Waals surface area contributed by atoms with Crippen molar-refractivity contribution in [1.29, 1.82) is 0 Å². The van der Waals surface area contributed by atoms with Gasteiger partial charge in [-0.25, -0.2) is 0 Å². The average Bonchev–Trinajstić information content (AvgIpc) is 2.62. The second kappa shape index (κ2) is 3.54. The molecule has 0 aliphatic heterocycles. The molecule has 1 aromatic carbocycles. The molecule has 0 radical (unpaired) electrons. The molecule has 72 valence electrons. The van der Waals surface area contributed by atoms with Crippen molar-refractivity contribution < 1.29 is 9.53 Å². The first kappa shape index (κ1) is 8.81. The molecule has 0 unspecified atom stereocenters. The summed E-state index contributed by atoms with van der Waals surface area (Å²) in [5, 5.41) is 1.05. The van der Waals surface area contributed by atoms with Crippen LogP contribution in [-0.2, 0) is 11.2 Å². The topological polar surface area (TPSA) is 42.1 Å². The van der Waals surface area contributed by atoms with Crippen LogP contribution in [0.5, 0.6) is 5.75 Å². The Bertz CT molecular complexity index is 459. The number of aromatic amines is 1. The fourth-order valence-corrected chi connectivity index (χ4v) is 1.61. The molecule has 0 aliphatic carbocycles. The van der Waals surface area contributed by atoms with Gasteiger partial charge in [-0.2, -0.15) is 0 Å². The lowest BCUT2D eigenvalue weighted by Gasteiger charge is -2.00. The lowest BCUT2D eigenvalue weighted by Crippen LogP contribution is -1.85. The van der Waals surface area contributed by atoms with Gasteiger partial charge in [0.1, 0.15) is 12.0 Å². The number of methoxy groups -OCH3 is 1. The molecule has 2 aromatic rings. The van der Waals surface area contributed by atoms with Gasteiger partial charge < -0.3 is 14.5 Å². The van der Waals surface area contributed by atoms with E-state index in [2.05, 4.69) is 4.98 Å². The lowest BCUT2D eigenvalue weighted by atomic mass is 10.1. The largest absolute Gasteiger partial charge is 0.495 e. The number of carbonyl (C=O) groups is 1. The summed E-state index contributed by atoms with van der Waals surface area (Å²) in [5.41, 5.74) is 1.96. The molecule has 0 fully saturated rings. The highest BCUT2D eigenvalue weighted by Crippen LogP contribution is 2.26. The van der Waals surface area contributed by atoms with Crippen LogP contribution in [0, 0.1) is 0 Å². The normalized spacial score (nSPS) is 10.4. The Morgan fingerprint density at radius 1 is 1.50 bits per heavy atom. The zero-order valence-electron chi connectivity index (χ0n) is 7.91. The molecule has 0 saturated heterocycles. The first-order valence-electron chi connectivity index (χ1n) is 4.43. The minimum atomic E-state index is 0.438. The van der Waals surface area contributed by atoms with Crippen LogP contribution in [0.15, 0.2) is 24.4 Å². The van der Waals surface area contributed by atoms with E-state index in [-0.39, 0.29) is 0 Å². The predicted molar refractivity (Wildman–Crippen MR) is 54.6 cm³/mol. The molecule has 3 heteroatoms. The van der Waals surface area contributed by atoms with Crippen molar-refractivity contribution in [3.63, 3.8) is 0 Å². The van der Waals surface area contributed by atoms with Gasteiger partial charge in [-0.1, -0.05) is 12.1 Å². The van der Waals surface area contributed by atoms with Crippen molar-refractivity contribution in [2.24, 2.45) is 0 Å². The summed E-state index contributed by atoms with van der Waals surface area (Å²) in [7, 11) is 1.63. The van der Waals surface area contributed by atoms with Crippen molar-refractivity contribution in [2.45, 2.75) is 6.42 Å². The van der Waals surface area contributed by atoms with Gasteiger partial charge in [-0.15, -0.1) is 0 Å². The van der Waals surface area contributed by atoms with Crippen molar-refractivity contribution in [1.82, 2.24) is 4.98 Å². The van der Waals surface area contributed by atoms with Gasteiger partial charge in [-0.3, -0.25) is 0 Å². The molecule has 1 aromatic heterocycles. The molecule has 0 amide bonds. The monoisotopic (exact) mass is 189 g/mol.